The van der Waals surface area contributed by atoms with E-state index in [1.54, 1.807) is 14.2 Å². The molecule has 21 heavy (non-hydrogen) atoms. The van der Waals surface area contributed by atoms with E-state index in [0.717, 1.165) is 23.5 Å². The number of hydrogen-bond acceptors (Lipinski definition) is 3. The first-order valence-electron chi connectivity index (χ1n) is 7.21. The lowest BCUT2D eigenvalue weighted by Gasteiger charge is -2.17. The van der Waals surface area contributed by atoms with Crippen LogP contribution in [0.5, 0.6) is 11.5 Å². The van der Waals surface area contributed by atoms with Crippen molar-refractivity contribution in [2.45, 2.75) is 26.3 Å². The summed E-state index contributed by atoms with van der Waals surface area (Å²) in [5, 5.41) is 3.65. The monoisotopic (exact) mass is 283 g/mol. The lowest BCUT2D eigenvalue weighted by atomic mass is 10.00. The van der Waals surface area contributed by atoms with Crippen molar-refractivity contribution in [1.29, 1.82) is 0 Å². The van der Waals surface area contributed by atoms with Gasteiger partial charge in [-0.1, -0.05) is 12.1 Å². The quantitative estimate of drug-likeness (QED) is 0.922. The van der Waals surface area contributed by atoms with Gasteiger partial charge in [0.15, 0.2) is 0 Å². The van der Waals surface area contributed by atoms with Crippen molar-refractivity contribution in [1.82, 2.24) is 0 Å². The summed E-state index contributed by atoms with van der Waals surface area (Å²) in [6, 6.07) is 10.6. The summed E-state index contributed by atoms with van der Waals surface area (Å²) in [6.45, 7) is 4.32. The largest absolute Gasteiger partial charge is 0.497 e. The first-order chi connectivity index (χ1) is 10.1. The lowest BCUT2D eigenvalue weighted by molar-refractivity contribution is 0.396. The van der Waals surface area contributed by atoms with E-state index >= 15 is 0 Å². The van der Waals surface area contributed by atoms with Gasteiger partial charge < -0.3 is 14.8 Å². The molecule has 0 bridgehead atoms. The molecule has 1 N–H and O–H groups in total. The first-order valence-corrected chi connectivity index (χ1v) is 7.21. The SMILES string of the molecule is COc1ccc(OC)c(C2Cc3ccc(C)c(C)c3N2)c1. The van der Waals surface area contributed by atoms with E-state index < -0.39 is 0 Å². The fourth-order valence-corrected chi connectivity index (χ4v) is 2.99. The summed E-state index contributed by atoms with van der Waals surface area (Å²) in [5.74, 6) is 1.76. The molecule has 1 aliphatic rings. The average molecular weight is 283 g/mol. The maximum atomic E-state index is 5.51. The molecule has 0 saturated carbocycles. The second-order valence-corrected chi connectivity index (χ2v) is 5.55. The number of nitrogens with one attached hydrogen (secondary N) is 1. The Balaban J connectivity index is 1.99. The number of ether oxygens (including phenoxy) is 2. The van der Waals surface area contributed by atoms with Crippen LogP contribution in [-0.4, -0.2) is 14.2 Å². The molecule has 1 heterocycles. The van der Waals surface area contributed by atoms with Gasteiger partial charge in [0.1, 0.15) is 11.5 Å². The van der Waals surface area contributed by atoms with E-state index in [-0.39, 0.29) is 6.04 Å². The van der Waals surface area contributed by atoms with Crippen molar-refractivity contribution in [2.75, 3.05) is 19.5 Å². The molecule has 2 aromatic rings. The summed E-state index contributed by atoms with van der Waals surface area (Å²) in [4.78, 5) is 0. The highest BCUT2D eigenvalue weighted by Crippen LogP contribution is 2.41. The van der Waals surface area contributed by atoms with E-state index in [1.165, 1.54) is 22.4 Å². The third-order valence-corrected chi connectivity index (χ3v) is 4.38. The topological polar surface area (TPSA) is 30.5 Å². The standard InChI is InChI=1S/C18H21NO2/c1-11-5-6-13-9-16(19-18(13)12(11)2)15-10-14(20-3)7-8-17(15)21-4/h5-8,10,16,19H,9H2,1-4H3. The maximum Gasteiger partial charge on any atom is 0.124 e. The van der Waals surface area contributed by atoms with E-state index in [4.69, 9.17) is 9.47 Å². The fraction of sp³-hybridized carbons (Fsp3) is 0.333. The number of fused-ring (bicyclic) bond motifs is 1. The Morgan fingerprint density at radius 2 is 1.86 bits per heavy atom. The Kier molecular flexibility index (Phi) is 3.50. The predicted octanol–water partition coefficient (Wildman–Crippen LogP) is 4.03. The Morgan fingerprint density at radius 1 is 1.05 bits per heavy atom. The molecule has 1 unspecified atom stereocenters. The second-order valence-electron chi connectivity index (χ2n) is 5.55. The molecule has 2 aromatic carbocycles. The highest BCUT2D eigenvalue weighted by Gasteiger charge is 2.26. The minimum absolute atomic E-state index is 0.227. The molecular formula is C18H21NO2. The summed E-state index contributed by atoms with van der Waals surface area (Å²) in [7, 11) is 3.40. The van der Waals surface area contributed by atoms with Crippen molar-refractivity contribution in [3.05, 3.63) is 52.6 Å². The molecule has 0 spiro atoms. The van der Waals surface area contributed by atoms with Crippen LogP contribution >= 0.6 is 0 Å². The van der Waals surface area contributed by atoms with Gasteiger partial charge in [-0.05, 0) is 55.2 Å². The average Bonchev–Trinajstić information content (AvgIpc) is 2.95. The van der Waals surface area contributed by atoms with E-state index in [2.05, 4.69) is 37.4 Å². The van der Waals surface area contributed by atoms with Crippen LogP contribution in [0.15, 0.2) is 30.3 Å². The zero-order chi connectivity index (χ0) is 15.0. The summed E-state index contributed by atoms with van der Waals surface area (Å²) < 4.78 is 10.9. The highest BCUT2D eigenvalue weighted by atomic mass is 16.5. The number of anilines is 1. The molecule has 0 radical (unpaired) electrons. The molecule has 0 aromatic heterocycles. The number of methoxy groups -OCH3 is 2. The van der Waals surface area contributed by atoms with Crippen LogP contribution in [-0.2, 0) is 6.42 Å². The Bertz CT molecular complexity index is 679. The molecule has 1 atom stereocenters. The van der Waals surface area contributed by atoms with E-state index in [9.17, 15) is 0 Å². The summed E-state index contributed by atoms with van der Waals surface area (Å²) in [5.41, 5.74) is 6.43. The first kappa shape index (κ1) is 13.8. The van der Waals surface area contributed by atoms with Crippen molar-refractivity contribution < 1.29 is 9.47 Å². The van der Waals surface area contributed by atoms with Gasteiger partial charge in [-0.15, -0.1) is 0 Å². The highest BCUT2D eigenvalue weighted by molar-refractivity contribution is 5.65. The smallest absolute Gasteiger partial charge is 0.124 e. The zero-order valence-corrected chi connectivity index (χ0v) is 13.0. The zero-order valence-electron chi connectivity index (χ0n) is 13.0. The molecule has 3 heteroatoms. The number of rotatable bonds is 3. The number of benzene rings is 2. The van der Waals surface area contributed by atoms with Gasteiger partial charge in [-0.2, -0.15) is 0 Å². The fourth-order valence-electron chi connectivity index (χ4n) is 2.99. The molecule has 3 nitrogen and oxygen atoms in total. The Hall–Kier alpha value is -2.16. The predicted molar refractivity (Wildman–Crippen MR) is 85.5 cm³/mol. The third-order valence-electron chi connectivity index (χ3n) is 4.38. The lowest BCUT2D eigenvalue weighted by Crippen LogP contribution is -2.08. The molecule has 0 fully saturated rings. The van der Waals surface area contributed by atoms with Crippen molar-refractivity contribution >= 4 is 5.69 Å². The van der Waals surface area contributed by atoms with Crippen molar-refractivity contribution in [3.63, 3.8) is 0 Å². The van der Waals surface area contributed by atoms with Crippen LogP contribution in [0.4, 0.5) is 5.69 Å². The number of aryl methyl sites for hydroxylation is 1. The van der Waals surface area contributed by atoms with Gasteiger partial charge in [-0.25, -0.2) is 0 Å². The van der Waals surface area contributed by atoms with Gasteiger partial charge in [-0.3, -0.25) is 0 Å². The molecular weight excluding hydrogens is 262 g/mol. The molecule has 0 amide bonds. The van der Waals surface area contributed by atoms with E-state index in [1.807, 2.05) is 12.1 Å². The van der Waals surface area contributed by atoms with Crippen LogP contribution < -0.4 is 14.8 Å². The maximum absolute atomic E-state index is 5.51. The van der Waals surface area contributed by atoms with Gasteiger partial charge in [0, 0.05) is 11.3 Å². The minimum atomic E-state index is 0.227. The van der Waals surface area contributed by atoms with Crippen LogP contribution in [0.1, 0.15) is 28.3 Å². The van der Waals surface area contributed by atoms with Crippen LogP contribution in [0, 0.1) is 13.8 Å². The Morgan fingerprint density at radius 3 is 2.57 bits per heavy atom. The molecule has 110 valence electrons. The summed E-state index contributed by atoms with van der Waals surface area (Å²) >= 11 is 0. The van der Waals surface area contributed by atoms with Crippen LogP contribution in [0.2, 0.25) is 0 Å². The van der Waals surface area contributed by atoms with E-state index in [0.29, 0.717) is 0 Å². The number of hydrogen-bond donors (Lipinski definition) is 1. The van der Waals surface area contributed by atoms with Gasteiger partial charge in [0.05, 0.1) is 20.3 Å². The minimum Gasteiger partial charge on any atom is -0.497 e. The van der Waals surface area contributed by atoms with Gasteiger partial charge >= 0.3 is 0 Å². The molecule has 1 aliphatic heterocycles. The van der Waals surface area contributed by atoms with Crippen molar-refractivity contribution in [2.24, 2.45) is 0 Å². The molecule has 0 saturated heterocycles. The summed E-state index contributed by atoms with van der Waals surface area (Å²) in [6.07, 6.45) is 0.972. The third kappa shape index (κ3) is 2.33. The van der Waals surface area contributed by atoms with Crippen LogP contribution in [0.3, 0.4) is 0 Å². The van der Waals surface area contributed by atoms with Gasteiger partial charge in [0.2, 0.25) is 0 Å². The molecule has 3 rings (SSSR count). The van der Waals surface area contributed by atoms with Gasteiger partial charge in [0.25, 0.3) is 0 Å². The van der Waals surface area contributed by atoms with Crippen molar-refractivity contribution in [3.8, 4) is 11.5 Å². The normalized spacial score (nSPS) is 16.3. The second kappa shape index (κ2) is 5.32. The Labute approximate surface area is 125 Å². The van der Waals surface area contributed by atoms with Crippen LogP contribution in [0.25, 0.3) is 0 Å². The molecule has 0 aliphatic carbocycles.